The lowest BCUT2D eigenvalue weighted by Gasteiger charge is -2.41. The zero-order valence-corrected chi connectivity index (χ0v) is 12.0. The molecule has 0 bridgehead atoms. The van der Waals surface area contributed by atoms with E-state index in [1.165, 1.54) is 0 Å². The first-order chi connectivity index (χ1) is 8.49. The number of hydrogen-bond acceptors (Lipinski definition) is 3. The minimum atomic E-state index is -0.783. The smallest absolute Gasteiger partial charge is 0.317 e. The van der Waals surface area contributed by atoms with Gasteiger partial charge >= 0.3 is 12.0 Å². The standard InChI is InChI=1S/C12H22N2O3S/c1-4-10(7-18-3)13-12(17)14-5-9(6-14)8(2)11(15)16/h8-10H,4-7H2,1-3H3,(H,13,17)(H,15,16). The molecule has 2 N–H and O–H groups in total. The number of carbonyl (C=O) groups excluding carboxylic acids is 1. The van der Waals surface area contributed by atoms with Gasteiger partial charge in [0, 0.05) is 30.8 Å². The molecular formula is C12H22N2O3S. The van der Waals surface area contributed by atoms with Crippen LogP contribution in [0.4, 0.5) is 4.79 Å². The van der Waals surface area contributed by atoms with E-state index in [1.54, 1.807) is 23.6 Å². The molecule has 1 fully saturated rings. The van der Waals surface area contributed by atoms with E-state index < -0.39 is 5.97 Å². The Bertz CT molecular complexity index is 306. The average Bonchev–Trinajstić information content (AvgIpc) is 2.26. The predicted molar refractivity (Wildman–Crippen MR) is 72.9 cm³/mol. The van der Waals surface area contributed by atoms with Crippen molar-refractivity contribution >= 4 is 23.8 Å². The van der Waals surface area contributed by atoms with Gasteiger partial charge in [-0.1, -0.05) is 13.8 Å². The number of carbonyl (C=O) groups is 2. The fourth-order valence-corrected chi connectivity index (χ4v) is 2.65. The van der Waals surface area contributed by atoms with Crippen molar-refractivity contribution in [1.29, 1.82) is 0 Å². The molecule has 6 heteroatoms. The number of likely N-dealkylation sites (tertiary alicyclic amines) is 1. The molecule has 1 saturated heterocycles. The summed E-state index contributed by atoms with van der Waals surface area (Å²) in [7, 11) is 0. The number of carboxylic acid groups (broad SMARTS) is 1. The maximum atomic E-state index is 11.9. The lowest BCUT2D eigenvalue weighted by Crippen LogP contribution is -2.58. The second-order valence-electron chi connectivity index (χ2n) is 4.80. The van der Waals surface area contributed by atoms with E-state index in [2.05, 4.69) is 5.32 Å². The topological polar surface area (TPSA) is 69.6 Å². The van der Waals surface area contributed by atoms with Gasteiger partial charge in [-0.2, -0.15) is 11.8 Å². The average molecular weight is 274 g/mol. The second kappa shape index (κ2) is 6.87. The van der Waals surface area contributed by atoms with Crippen LogP contribution in [0.3, 0.4) is 0 Å². The van der Waals surface area contributed by atoms with Gasteiger partial charge in [-0.25, -0.2) is 4.79 Å². The Balaban J connectivity index is 2.32. The van der Waals surface area contributed by atoms with Gasteiger partial charge in [-0.3, -0.25) is 4.79 Å². The van der Waals surface area contributed by atoms with Crippen molar-refractivity contribution in [2.45, 2.75) is 26.3 Å². The quantitative estimate of drug-likeness (QED) is 0.770. The van der Waals surface area contributed by atoms with Crippen LogP contribution in [0.2, 0.25) is 0 Å². The Morgan fingerprint density at radius 2 is 2.11 bits per heavy atom. The molecule has 2 atom stereocenters. The second-order valence-corrected chi connectivity index (χ2v) is 5.71. The molecule has 0 saturated carbocycles. The van der Waals surface area contributed by atoms with Crippen LogP contribution in [0.15, 0.2) is 0 Å². The molecule has 104 valence electrons. The molecule has 0 aromatic rings. The van der Waals surface area contributed by atoms with Crippen molar-refractivity contribution in [2.75, 3.05) is 25.1 Å². The zero-order valence-electron chi connectivity index (χ0n) is 11.2. The maximum absolute atomic E-state index is 11.9. The zero-order chi connectivity index (χ0) is 13.7. The molecule has 5 nitrogen and oxygen atoms in total. The Kier molecular flexibility index (Phi) is 5.78. The molecule has 1 heterocycles. The molecule has 1 rings (SSSR count). The molecule has 0 aliphatic carbocycles. The van der Waals surface area contributed by atoms with Crippen LogP contribution in [-0.2, 0) is 4.79 Å². The number of hydrogen-bond donors (Lipinski definition) is 2. The van der Waals surface area contributed by atoms with Crippen LogP contribution in [0.5, 0.6) is 0 Å². The lowest BCUT2D eigenvalue weighted by atomic mass is 9.87. The van der Waals surface area contributed by atoms with Crippen LogP contribution in [0, 0.1) is 11.8 Å². The molecule has 0 radical (unpaired) electrons. The third-order valence-electron chi connectivity index (χ3n) is 3.48. The van der Waals surface area contributed by atoms with Crippen molar-refractivity contribution in [3.05, 3.63) is 0 Å². The van der Waals surface area contributed by atoms with Gasteiger partial charge < -0.3 is 15.3 Å². The number of thioether (sulfide) groups is 1. The fraction of sp³-hybridized carbons (Fsp3) is 0.833. The van der Waals surface area contributed by atoms with Crippen molar-refractivity contribution in [3.63, 3.8) is 0 Å². The minimum Gasteiger partial charge on any atom is -0.481 e. The lowest BCUT2D eigenvalue weighted by molar-refractivity contribution is -0.144. The number of carboxylic acids is 1. The molecule has 18 heavy (non-hydrogen) atoms. The highest BCUT2D eigenvalue weighted by Crippen LogP contribution is 2.24. The molecule has 1 aliphatic rings. The van der Waals surface area contributed by atoms with Gasteiger partial charge in [0.05, 0.1) is 5.92 Å². The van der Waals surface area contributed by atoms with E-state index in [-0.39, 0.29) is 23.9 Å². The van der Waals surface area contributed by atoms with Gasteiger partial charge in [0.2, 0.25) is 0 Å². The summed E-state index contributed by atoms with van der Waals surface area (Å²) in [6, 6.07) is 0.133. The highest BCUT2D eigenvalue weighted by Gasteiger charge is 2.37. The predicted octanol–water partition coefficient (Wildman–Crippen LogP) is 1.49. The Labute approximate surface area is 112 Å². The summed E-state index contributed by atoms with van der Waals surface area (Å²) in [4.78, 5) is 24.4. The third-order valence-corrected chi connectivity index (χ3v) is 4.22. The Morgan fingerprint density at radius 3 is 2.56 bits per heavy atom. The van der Waals surface area contributed by atoms with E-state index in [1.807, 2.05) is 13.2 Å². The normalized spacial score (nSPS) is 18.9. The summed E-state index contributed by atoms with van der Waals surface area (Å²) in [6.45, 7) is 4.85. The van der Waals surface area contributed by atoms with Gasteiger partial charge in [0.1, 0.15) is 0 Å². The van der Waals surface area contributed by atoms with Crippen molar-refractivity contribution in [1.82, 2.24) is 10.2 Å². The first-order valence-electron chi connectivity index (χ1n) is 6.26. The van der Waals surface area contributed by atoms with Crippen LogP contribution in [-0.4, -0.2) is 53.1 Å². The SMILES string of the molecule is CCC(CSC)NC(=O)N1CC(C(C)C(=O)O)C1. The fourth-order valence-electron chi connectivity index (χ4n) is 1.93. The van der Waals surface area contributed by atoms with E-state index in [9.17, 15) is 9.59 Å². The van der Waals surface area contributed by atoms with Crippen LogP contribution in [0.1, 0.15) is 20.3 Å². The monoisotopic (exact) mass is 274 g/mol. The van der Waals surface area contributed by atoms with Crippen molar-refractivity contribution < 1.29 is 14.7 Å². The molecule has 1 aliphatic heterocycles. The summed E-state index contributed by atoms with van der Waals surface area (Å²) in [6.07, 6.45) is 2.93. The van der Waals surface area contributed by atoms with E-state index in [4.69, 9.17) is 5.11 Å². The number of aliphatic carboxylic acids is 1. The van der Waals surface area contributed by atoms with Gasteiger partial charge in [-0.05, 0) is 12.7 Å². The van der Waals surface area contributed by atoms with Crippen molar-refractivity contribution in [3.8, 4) is 0 Å². The van der Waals surface area contributed by atoms with E-state index >= 15 is 0 Å². The minimum absolute atomic E-state index is 0.0651. The molecule has 2 amide bonds. The first-order valence-corrected chi connectivity index (χ1v) is 7.66. The highest BCUT2D eigenvalue weighted by molar-refractivity contribution is 7.98. The van der Waals surface area contributed by atoms with Gasteiger partial charge in [-0.15, -0.1) is 0 Å². The van der Waals surface area contributed by atoms with E-state index in [0.717, 1.165) is 12.2 Å². The Morgan fingerprint density at radius 1 is 1.50 bits per heavy atom. The van der Waals surface area contributed by atoms with E-state index in [0.29, 0.717) is 13.1 Å². The van der Waals surface area contributed by atoms with Crippen LogP contribution < -0.4 is 5.32 Å². The van der Waals surface area contributed by atoms with Crippen LogP contribution in [0.25, 0.3) is 0 Å². The van der Waals surface area contributed by atoms with Gasteiger partial charge in [0.25, 0.3) is 0 Å². The third kappa shape index (κ3) is 3.80. The molecule has 0 aromatic heterocycles. The number of rotatable bonds is 6. The summed E-state index contributed by atoms with van der Waals surface area (Å²) >= 11 is 1.71. The summed E-state index contributed by atoms with van der Waals surface area (Å²) in [5, 5.41) is 11.9. The molecule has 2 unspecified atom stereocenters. The molecule has 0 aromatic carbocycles. The first kappa shape index (κ1) is 15.1. The Hall–Kier alpha value is -0.910. The summed E-state index contributed by atoms with van der Waals surface area (Å²) in [5.74, 6) is -0.157. The number of nitrogens with one attached hydrogen (secondary N) is 1. The van der Waals surface area contributed by atoms with Crippen molar-refractivity contribution in [2.24, 2.45) is 11.8 Å². The summed E-state index contributed by atoms with van der Waals surface area (Å²) in [5.41, 5.74) is 0. The molecule has 0 spiro atoms. The highest BCUT2D eigenvalue weighted by atomic mass is 32.2. The largest absolute Gasteiger partial charge is 0.481 e. The molecular weight excluding hydrogens is 252 g/mol. The summed E-state index contributed by atoms with van der Waals surface area (Å²) < 4.78 is 0. The van der Waals surface area contributed by atoms with Gasteiger partial charge in [0.15, 0.2) is 0 Å². The maximum Gasteiger partial charge on any atom is 0.317 e. The van der Waals surface area contributed by atoms with Crippen LogP contribution >= 0.6 is 11.8 Å². The number of urea groups is 1. The number of amides is 2. The number of nitrogens with zero attached hydrogens (tertiary/aromatic N) is 1.